The number of benzene rings is 1. The lowest BCUT2D eigenvalue weighted by Crippen LogP contribution is -2.32. The van der Waals surface area contributed by atoms with Crippen molar-refractivity contribution in [2.24, 2.45) is 0 Å². The van der Waals surface area contributed by atoms with E-state index in [2.05, 4.69) is 14.7 Å². The third kappa shape index (κ3) is 3.69. The van der Waals surface area contributed by atoms with Crippen LogP contribution in [0.3, 0.4) is 0 Å². The third-order valence-electron chi connectivity index (χ3n) is 2.83. The van der Waals surface area contributed by atoms with Gasteiger partial charge in [-0.1, -0.05) is 12.1 Å². The van der Waals surface area contributed by atoms with Crippen LogP contribution in [0.4, 0.5) is 8.78 Å². The molecule has 1 heterocycles. The lowest BCUT2D eigenvalue weighted by atomic mass is 10.2. The van der Waals surface area contributed by atoms with Gasteiger partial charge in [0.25, 0.3) is 5.91 Å². The summed E-state index contributed by atoms with van der Waals surface area (Å²) in [6.07, 6.45) is 1.32. The van der Waals surface area contributed by atoms with Crippen molar-refractivity contribution in [1.82, 2.24) is 15.3 Å². The van der Waals surface area contributed by atoms with Gasteiger partial charge in [-0.15, -0.1) is 0 Å². The Morgan fingerprint density at radius 2 is 2.04 bits per heavy atom. The van der Waals surface area contributed by atoms with Crippen molar-refractivity contribution in [3.05, 3.63) is 51.9 Å². The quantitative estimate of drug-likeness (QED) is 0.841. The monoisotopic (exact) mass is 325 g/mol. The van der Waals surface area contributed by atoms with E-state index in [1.54, 1.807) is 6.07 Å². The molecule has 122 valence electrons. The Morgan fingerprint density at radius 3 is 2.70 bits per heavy atom. The van der Waals surface area contributed by atoms with Gasteiger partial charge in [0.2, 0.25) is 5.43 Å². The fourth-order valence-electron chi connectivity index (χ4n) is 1.87. The number of rotatable bonds is 5. The third-order valence-corrected chi connectivity index (χ3v) is 2.83. The van der Waals surface area contributed by atoms with Crippen LogP contribution in [0.1, 0.15) is 16.1 Å². The fourth-order valence-corrected chi connectivity index (χ4v) is 1.87. The van der Waals surface area contributed by atoms with E-state index in [1.165, 1.54) is 38.4 Å². The standard InChI is InChI=1S/C14H13F2N3O4/c1-8-7-19(17-11(12(8)20)13(21)18-22-2)9-5-3-4-6-10(9)23-14(15)16/h3-7,14H,1-2H3,(H,18,21). The molecule has 0 atom stereocenters. The normalized spacial score (nSPS) is 10.7. The molecule has 0 radical (unpaired) electrons. The Morgan fingerprint density at radius 1 is 1.35 bits per heavy atom. The molecule has 0 aliphatic rings. The summed E-state index contributed by atoms with van der Waals surface area (Å²) in [5.74, 6) is -0.988. The highest BCUT2D eigenvalue weighted by atomic mass is 19.3. The van der Waals surface area contributed by atoms with E-state index >= 15 is 0 Å². The van der Waals surface area contributed by atoms with Crippen LogP contribution in [-0.4, -0.2) is 29.4 Å². The topological polar surface area (TPSA) is 82.4 Å². The van der Waals surface area contributed by atoms with E-state index < -0.39 is 23.6 Å². The van der Waals surface area contributed by atoms with Crippen LogP contribution >= 0.6 is 0 Å². The number of hydrogen-bond acceptors (Lipinski definition) is 5. The van der Waals surface area contributed by atoms with Gasteiger partial charge in [0.1, 0.15) is 5.69 Å². The molecule has 1 aromatic carbocycles. The number of amides is 1. The zero-order chi connectivity index (χ0) is 17.0. The highest BCUT2D eigenvalue weighted by molar-refractivity contribution is 5.91. The van der Waals surface area contributed by atoms with Gasteiger partial charge in [-0.2, -0.15) is 13.9 Å². The number of ether oxygens (including phenoxy) is 1. The second kappa shape index (κ2) is 6.97. The second-order valence-electron chi connectivity index (χ2n) is 4.42. The number of carbonyl (C=O) groups is 1. The number of aryl methyl sites for hydroxylation is 1. The lowest BCUT2D eigenvalue weighted by Gasteiger charge is -2.13. The summed E-state index contributed by atoms with van der Waals surface area (Å²) in [6.45, 7) is -1.55. The van der Waals surface area contributed by atoms with Gasteiger partial charge in [-0.3, -0.25) is 14.4 Å². The molecule has 7 nitrogen and oxygen atoms in total. The first-order valence-corrected chi connectivity index (χ1v) is 6.42. The molecule has 0 saturated heterocycles. The molecule has 2 aromatic rings. The van der Waals surface area contributed by atoms with Crippen molar-refractivity contribution in [2.75, 3.05) is 7.11 Å². The smallest absolute Gasteiger partial charge is 0.387 e. The number of carbonyl (C=O) groups excluding carboxylic acids is 1. The van der Waals surface area contributed by atoms with Gasteiger partial charge >= 0.3 is 6.61 Å². The number of aromatic nitrogens is 2. The molecule has 0 aliphatic heterocycles. The number of para-hydroxylation sites is 2. The average Bonchev–Trinajstić information content (AvgIpc) is 2.50. The number of hydrogen-bond donors (Lipinski definition) is 1. The van der Waals surface area contributed by atoms with Crippen molar-refractivity contribution < 1.29 is 23.1 Å². The minimum Gasteiger partial charge on any atom is -0.433 e. The largest absolute Gasteiger partial charge is 0.433 e. The van der Waals surface area contributed by atoms with E-state index in [9.17, 15) is 18.4 Å². The van der Waals surface area contributed by atoms with Gasteiger partial charge in [-0.05, 0) is 19.1 Å². The summed E-state index contributed by atoms with van der Waals surface area (Å²) in [5, 5.41) is 3.88. The molecule has 1 aromatic heterocycles. The molecule has 0 fully saturated rings. The Bertz CT molecular complexity index is 777. The number of alkyl halides is 2. The van der Waals surface area contributed by atoms with Crippen LogP contribution in [-0.2, 0) is 4.84 Å². The molecule has 0 saturated carbocycles. The van der Waals surface area contributed by atoms with Gasteiger partial charge in [0.05, 0.1) is 7.11 Å². The highest BCUT2D eigenvalue weighted by Crippen LogP contribution is 2.23. The van der Waals surface area contributed by atoms with Gasteiger partial charge in [0.15, 0.2) is 11.4 Å². The van der Waals surface area contributed by atoms with E-state index in [0.717, 1.165) is 4.68 Å². The first kappa shape index (κ1) is 16.6. The average molecular weight is 325 g/mol. The number of nitrogens with one attached hydrogen (secondary N) is 1. The van der Waals surface area contributed by atoms with Crippen molar-refractivity contribution in [1.29, 1.82) is 0 Å². The molecule has 2 rings (SSSR count). The summed E-state index contributed by atoms with van der Waals surface area (Å²) >= 11 is 0. The predicted octanol–water partition coefficient (Wildman–Crippen LogP) is 1.43. The maximum Gasteiger partial charge on any atom is 0.387 e. The molecule has 0 unspecified atom stereocenters. The lowest BCUT2D eigenvalue weighted by molar-refractivity contribution is -0.0499. The summed E-state index contributed by atoms with van der Waals surface area (Å²) < 4.78 is 30.5. The minimum absolute atomic E-state index is 0.142. The molecule has 0 bridgehead atoms. The Hall–Kier alpha value is -2.81. The maximum atomic E-state index is 12.5. The van der Waals surface area contributed by atoms with Crippen LogP contribution in [0.15, 0.2) is 35.3 Å². The molecule has 1 N–H and O–H groups in total. The van der Waals surface area contributed by atoms with Crippen molar-refractivity contribution in [3.8, 4) is 11.4 Å². The van der Waals surface area contributed by atoms with Crippen LogP contribution in [0.5, 0.6) is 5.75 Å². The molecule has 0 spiro atoms. The van der Waals surface area contributed by atoms with Crippen LogP contribution < -0.4 is 15.6 Å². The van der Waals surface area contributed by atoms with E-state index in [4.69, 9.17) is 0 Å². The zero-order valence-corrected chi connectivity index (χ0v) is 12.2. The SMILES string of the molecule is CONC(=O)c1nn(-c2ccccc2OC(F)F)cc(C)c1=O. The Balaban J connectivity index is 2.57. The van der Waals surface area contributed by atoms with Gasteiger partial charge in [0, 0.05) is 11.8 Å². The van der Waals surface area contributed by atoms with Gasteiger partial charge < -0.3 is 4.74 Å². The summed E-state index contributed by atoms with van der Waals surface area (Å²) in [7, 11) is 1.21. The number of hydroxylamine groups is 1. The number of halogens is 2. The van der Waals surface area contributed by atoms with Crippen LogP contribution in [0.25, 0.3) is 5.69 Å². The predicted molar refractivity (Wildman–Crippen MR) is 75.7 cm³/mol. The molecule has 23 heavy (non-hydrogen) atoms. The summed E-state index contributed by atoms with van der Waals surface area (Å²) in [6, 6.07) is 5.88. The first-order valence-electron chi connectivity index (χ1n) is 6.42. The zero-order valence-electron chi connectivity index (χ0n) is 12.2. The van der Waals surface area contributed by atoms with E-state index in [-0.39, 0.29) is 17.0 Å². The van der Waals surface area contributed by atoms with Crippen LogP contribution in [0, 0.1) is 6.92 Å². The molecule has 0 aliphatic carbocycles. The Labute approximate surface area is 129 Å². The fraction of sp³-hybridized carbons (Fsp3) is 0.214. The van der Waals surface area contributed by atoms with Crippen molar-refractivity contribution in [2.45, 2.75) is 13.5 Å². The number of nitrogens with zero attached hydrogens (tertiary/aromatic N) is 2. The Kier molecular flexibility index (Phi) is 5.02. The van der Waals surface area contributed by atoms with E-state index in [0.29, 0.717) is 0 Å². The minimum atomic E-state index is -3.02. The van der Waals surface area contributed by atoms with Crippen LogP contribution in [0.2, 0.25) is 0 Å². The van der Waals surface area contributed by atoms with Gasteiger partial charge in [-0.25, -0.2) is 10.2 Å². The van der Waals surface area contributed by atoms with Crippen molar-refractivity contribution >= 4 is 5.91 Å². The first-order chi connectivity index (χ1) is 10.9. The molecule has 9 heteroatoms. The molecule has 1 amide bonds. The van der Waals surface area contributed by atoms with Crippen molar-refractivity contribution in [3.63, 3.8) is 0 Å². The second-order valence-corrected chi connectivity index (χ2v) is 4.42. The summed E-state index contributed by atoms with van der Waals surface area (Å²) in [5.41, 5.74) is 1.32. The summed E-state index contributed by atoms with van der Waals surface area (Å²) in [4.78, 5) is 28.3. The molecular weight excluding hydrogens is 312 g/mol. The maximum absolute atomic E-state index is 12.5. The highest BCUT2D eigenvalue weighted by Gasteiger charge is 2.17. The molecular formula is C14H13F2N3O4. The van der Waals surface area contributed by atoms with E-state index in [1.807, 2.05) is 5.48 Å².